The Labute approximate surface area is 92.2 Å². The van der Waals surface area contributed by atoms with E-state index >= 15 is 0 Å². The van der Waals surface area contributed by atoms with Gasteiger partial charge < -0.3 is 4.90 Å². The molecular formula is C9H13N4O3+. The van der Waals surface area contributed by atoms with Gasteiger partial charge in [-0.2, -0.15) is 0 Å². The Morgan fingerprint density at radius 3 is 2.88 bits per heavy atom. The van der Waals surface area contributed by atoms with Crippen molar-refractivity contribution < 1.29 is 14.7 Å². The first-order valence-corrected chi connectivity index (χ1v) is 4.61. The quantitative estimate of drug-likeness (QED) is 0.572. The van der Waals surface area contributed by atoms with Gasteiger partial charge in [0.15, 0.2) is 6.54 Å². The van der Waals surface area contributed by atoms with Crippen LogP contribution in [0.25, 0.3) is 0 Å². The number of hydrogen-bond acceptors (Lipinski definition) is 4. The Morgan fingerprint density at radius 1 is 1.62 bits per heavy atom. The molecule has 1 aromatic heterocycles. The molecule has 0 saturated heterocycles. The lowest BCUT2D eigenvalue weighted by Gasteiger charge is -2.07. The van der Waals surface area contributed by atoms with Crippen LogP contribution in [-0.4, -0.2) is 36.4 Å². The molecule has 1 amide bonds. The summed E-state index contributed by atoms with van der Waals surface area (Å²) in [5.41, 5.74) is -0.0888. The Hall–Kier alpha value is -2.18. The zero-order valence-corrected chi connectivity index (χ0v) is 9.06. The van der Waals surface area contributed by atoms with Gasteiger partial charge in [-0.15, -0.1) is 0 Å². The number of hydrogen-bond donors (Lipinski definition) is 1. The summed E-state index contributed by atoms with van der Waals surface area (Å²) in [5, 5.41) is 13.3. The maximum absolute atomic E-state index is 11.3. The monoisotopic (exact) mass is 225 g/mol. The van der Waals surface area contributed by atoms with E-state index in [0.717, 1.165) is 0 Å². The second-order valence-corrected chi connectivity index (χ2v) is 3.33. The lowest BCUT2D eigenvalue weighted by Crippen LogP contribution is -2.30. The summed E-state index contributed by atoms with van der Waals surface area (Å²) in [5.74, 6) is 0.0641. The molecule has 0 fully saturated rings. The van der Waals surface area contributed by atoms with Crippen LogP contribution in [0.3, 0.4) is 0 Å². The second kappa shape index (κ2) is 5.06. The van der Waals surface area contributed by atoms with Crippen molar-refractivity contribution >= 4 is 17.4 Å². The molecule has 0 spiro atoms. The van der Waals surface area contributed by atoms with E-state index in [1.54, 1.807) is 20.3 Å². The third-order valence-corrected chi connectivity index (χ3v) is 1.95. The third kappa shape index (κ3) is 2.91. The molecule has 0 radical (unpaired) electrons. The van der Waals surface area contributed by atoms with Gasteiger partial charge in [0, 0.05) is 20.2 Å². The van der Waals surface area contributed by atoms with E-state index < -0.39 is 4.92 Å². The summed E-state index contributed by atoms with van der Waals surface area (Å²) in [6.45, 7) is 0.00829. The number of nitro groups is 1. The van der Waals surface area contributed by atoms with Crippen molar-refractivity contribution in [2.24, 2.45) is 0 Å². The number of likely N-dealkylation sites (N-methyl/N-ethyl adjacent to an activating group) is 1. The molecule has 0 aliphatic carbocycles. The Bertz CT molecular complexity index is 405. The molecule has 16 heavy (non-hydrogen) atoms. The topological polar surface area (TPSA) is 89.6 Å². The first-order valence-electron chi connectivity index (χ1n) is 4.61. The summed E-state index contributed by atoms with van der Waals surface area (Å²) in [6, 6.07) is 2.88. The first kappa shape index (κ1) is 11.9. The fourth-order valence-corrected chi connectivity index (χ4v) is 1.04. The SMILES string of the molecule is CN(C)C(=O)CNc1[nH+]cccc1[N+](=O)[O-]. The number of pyridine rings is 1. The predicted molar refractivity (Wildman–Crippen MR) is 56.8 cm³/mol. The van der Waals surface area contributed by atoms with Crippen LogP contribution in [0.5, 0.6) is 0 Å². The lowest BCUT2D eigenvalue weighted by molar-refractivity contribution is -0.409. The van der Waals surface area contributed by atoms with E-state index in [1.807, 2.05) is 0 Å². The van der Waals surface area contributed by atoms with Crippen molar-refractivity contribution in [2.45, 2.75) is 0 Å². The van der Waals surface area contributed by atoms with Gasteiger partial charge in [-0.05, 0) is 6.07 Å². The minimum atomic E-state index is -0.515. The second-order valence-electron chi connectivity index (χ2n) is 3.33. The van der Waals surface area contributed by atoms with Gasteiger partial charge in [-0.25, -0.2) is 4.98 Å². The van der Waals surface area contributed by atoms with Gasteiger partial charge in [0.1, 0.15) is 0 Å². The summed E-state index contributed by atoms with van der Waals surface area (Å²) in [4.78, 5) is 25.5. The van der Waals surface area contributed by atoms with Crippen molar-refractivity contribution in [1.29, 1.82) is 0 Å². The minimum absolute atomic E-state index is 0.00829. The average Bonchev–Trinajstić information content (AvgIpc) is 2.25. The highest BCUT2D eigenvalue weighted by molar-refractivity contribution is 5.80. The largest absolute Gasteiger partial charge is 0.357 e. The van der Waals surface area contributed by atoms with Gasteiger partial charge in [0.2, 0.25) is 0 Å². The molecule has 1 aromatic rings. The minimum Gasteiger partial charge on any atom is -0.345 e. The molecule has 2 N–H and O–H groups in total. The van der Waals surface area contributed by atoms with Crippen LogP contribution >= 0.6 is 0 Å². The van der Waals surface area contributed by atoms with Crippen LogP contribution in [-0.2, 0) is 4.79 Å². The zero-order chi connectivity index (χ0) is 12.1. The summed E-state index contributed by atoms with van der Waals surface area (Å²) < 4.78 is 0. The molecule has 0 saturated carbocycles. The number of carbonyl (C=O) groups excluding carboxylic acids is 1. The number of rotatable bonds is 4. The summed E-state index contributed by atoms with van der Waals surface area (Å²) in [6.07, 6.45) is 1.55. The number of H-pyrrole nitrogens is 1. The number of amides is 1. The van der Waals surface area contributed by atoms with E-state index in [9.17, 15) is 14.9 Å². The van der Waals surface area contributed by atoms with Gasteiger partial charge in [-0.1, -0.05) is 0 Å². The fourth-order valence-electron chi connectivity index (χ4n) is 1.04. The molecule has 1 heterocycles. The lowest BCUT2D eigenvalue weighted by atomic mass is 10.4. The van der Waals surface area contributed by atoms with E-state index in [0.29, 0.717) is 0 Å². The van der Waals surface area contributed by atoms with Crippen LogP contribution in [0.2, 0.25) is 0 Å². The number of nitrogens with one attached hydrogen (secondary N) is 2. The molecule has 0 aromatic carbocycles. The molecule has 0 aliphatic rings. The number of aromatic nitrogens is 1. The third-order valence-electron chi connectivity index (χ3n) is 1.95. The number of carbonyl (C=O) groups is 1. The highest BCUT2D eigenvalue weighted by Crippen LogP contribution is 2.16. The van der Waals surface area contributed by atoms with E-state index in [1.165, 1.54) is 17.0 Å². The van der Waals surface area contributed by atoms with E-state index in [4.69, 9.17) is 0 Å². The van der Waals surface area contributed by atoms with E-state index in [-0.39, 0.29) is 24.0 Å². The Kier molecular flexibility index (Phi) is 3.76. The molecule has 0 aliphatic heterocycles. The van der Waals surface area contributed by atoms with Gasteiger partial charge in [0.05, 0.1) is 11.1 Å². The predicted octanol–water partition coefficient (Wildman–Crippen LogP) is -0.0910. The molecule has 0 unspecified atom stereocenters. The molecule has 7 nitrogen and oxygen atoms in total. The highest BCUT2D eigenvalue weighted by atomic mass is 16.6. The van der Waals surface area contributed by atoms with Crippen LogP contribution < -0.4 is 10.3 Å². The molecule has 0 atom stereocenters. The molecule has 7 heteroatoms. The van der Waals surface area contributed by atoms with Crippen LogP contribution in [0.1, 0.15) is 0 Å². The van der Waals surface area contributed by atoms with Crippen molar-refractivity contribution in [2.75, 3.05) is 26.0 Å². The zero-order valence-electron chi connectivity index (χ0n) is 9.06. The Balaban J connectivity index is 2.74. The molecule has 1 rings (SSSR count). The molecular weight excluding hydrogens is 212 g/mol. The van der Waals surface area contributed by atoms with Gasteiger partial charge in [0.25, 0.3) is 5.91 Å². The smallest absolute Gasteiger partial charge is 0.345 e. The van der Waals surface area contributed by atoms with Crippen molar-refractivity contribution in [3.05, 3.63) is 28.4 Å². The molecule has 0 bridgehead atoms. The van der Waals surface area contributed by atoms with Crippen LogP contribution in [0.15, 0.2) is 18.3 Å². The summed E-state index contributed by atoms with van der Waals surface area (Å²) in [7, 11) is 3.24. The highest BCUT2D eigenvalue weighted by Gasteiger charge is 2.20. The molecule has 86 valence electrons. The van der Waals surface area contributed by atoms with Crippen molar-refractivity contribution in [1.82, 2.24) is 4.90 Å². The van der Waals surface area contributed by atoms with Crippen molar-refractivity contribution in [3.8, 4) is 0 Å². The van der Waals surface area contributed by atoms with Gasteiger partial charge in [-0.3, -0.25) is 20.2 Å². The number of anilines is 1. The van der Waals surface area contributed by atoms with Crippen LogP contribution in [0.4, 0.5) is 11.5 Å². The van der Waals surface area contributed by atoms with Gasteiger partial charge >= 0.3 is 11.5 Å². The fraction of sp³-hybridized carbons (Fsp3) is 0.333. The standard InChI is InChI=1S/C9H12N4O3/c1-12(2)8(14)6-11-9-7(13(15)16)4-3-5-10-9/h3-5H,6H2,1-2H3,(H,10,11)/p+1. The maximum Gasteiger partial charge on any atom is 0.357 e. The number of aromatic amines is 1. The Morgan fingerprint density at radius 2 is 2.31 bits per heavy atom. The normalized spacial score (nSPS) is 9.62. The van der Waals surface area contributed by atoms with Crippen LogP contribution in [0, 0.1) is 10.1 Å². The summed E-state index contributed by atoms with van der Waals surface area (Å²) >= 11 is 0. The van der Waals surface area contributed by atoms with E-state index in [2.05, 4.69) is 10.3 Å². The maximum atomic E-state index is 11.3. The number of nitrogens with zero attached hydrogens (tertiary/aromatic N) is 2. The first-order chi connectivity index (χ1) is 7.52. The average molecular weight is 225 g/mol. The van der Waals surface area contributed by atoms with Crippen molar-refractivity contribution in [3.63, 3.8) is 0 Å².